The van der Waals surface area contributed by atoms with Crippen LogP contribution in [0.5, 0.6) is 0 Å². The first-order chi connectivity index (χ1) is 15.4. The second-order valence-electron chi connectivity index (χ2n) is 8.44. The highest BCUT2D eigenvalue weighted by Gasteiger charge is 2.23. The Labute approximate surface area is 198 Å². The number of hydrogen-bond acceptors (Lipinski definition) is 2. The topological polar surface area (TPSA) is 30.2 Å². The first kappa shape index (κ1) is 22.7. The number of benzene rings is 2. The fraction of sp³-hybridized carbons (Fsp3) is 0.360. The Morgan fingerprint density at radius 3 is 2.41 bits per heavy atom. The molecule has 0 radical (unpaired) electrons. The maximum atomic E-state index is 13.4. The summed E-state index contributed by atoms with van der Waals surface area (Å²) >= 11 is 11.9. The fourth-order valence-electron chi connectivity index (χ4n) is 4.39. The molecule has 32 heavy (non-hydrogen) atoms. The van der Waals surface area contributed by atoms with E-state index in [1.807, 2.05) is 51.5 Å². The van der Waals surface area contributed by atoms with E-state index in [4.69, 9.17) is 23.8 Å². The molecule has 2 aromatic carbocycles. The fourth-order valence-corrected chi connectivity index (χ4v) is 4.86. The number of hydrogen-bond donors (Lipinski definition) is 0. The summed E-state index contributed by atoms with van der Waals surface area (Å²) < 4.78 is 17.7. The van der Waals surface area contributed by atoms with Gasteiger partial charge in [0, 0.05) is 42.1 Å². The first-order valence-corrected chi connectivity index (χ1v) is 11.8. The zero-order valence-electron chi connectivity index (χ0n) is 18.1. The smallest absolute Gasteiger partial charge is 0.242 e. The summed E-state index contributed by atoms with van der Waals surface area (Å²) in [5.41, 5.74) is 2.77. The highest BCUT2D eigenvalue weighted by atomic mass is 35.5. The number of rotatable bonds is 6. The van der Waals surface area contributed by atoms with Gasteiger partial charge in [-0.15, -0.1) is 0 Å². The third kappa shape index (κ3) is 5.13. The van der Waals surface area contributed by atoms with E-state index in [1.54, 1.807) is 12.1 Å². The molecule has 1 amide bonds. The van der Waals surface area contributed by atoms with Gasteiger partial charge in [-0.1, -0.05) is 43.0 Å². The molecule has 1 aliphatic rings. The molecule has 0 aliphatic heterocycles. The van der Waals surface area contributed by atoms with Crippen LogP contribution in [0.25, 0.3) is 5.69 Å². The van der Waals surface area contributed by atoms with Crippen LogP contribution in [0.4, 0.5) is 4.39 Å². The van der Waals surface area contributed by atoms with Gasteiger partial charge in [-0.2, -0.15) is 0 Å². The van der Waals surface area contributed by atoms with Crippen LogP contribution < -0.4 is 0 Å². The number of aromatic nitrogens is 2. The average molecular weight is 472 g/mol. The van der Waals surface area contributed by atoms with E-state index in [0.29, 0.717) is 22.3 Å². The number of imidazole rings is 1. The van der Waals surface area contributed by atoms with Crippen LogP contribution in [0.15, 0.2) is 54.7 Å². The number of halogens is 2. The summed E-state index contributed by atoms with van der Waals surface area (Å²) in [6, 6.07) is 14.2. The molecule has 1 aromatic heterocycles. The van der Waals surface area contributed by atoms with Crippen molar-refractivity contribution in [1.29, 1.82) is 0 Å². The molecule has 1 saturated carbocycles. The van der Waals surface area contributed by atoms with Gasteiger partial charge in [-0.25, -0.2) is 4.39 Å². The molecule has 0 unspecified atom stereocenters. The van der Waals surface area contributed by atoms with Gasteiger partial charge in [-0.3, -0.25) is 9.36 Å². The van der Waals surface area contributed by atoms with E-state index in [1.165, 1.54) is 31.4 Å². The van der Waals surface area contributed by atoms with Crippen molar-refractivity contribution in [3.63, 3.8) is 0 Å². The summed E-state index contributed by atoms with van der Waals surface area (Å²) in [5, 5.41) is 0.643. The van der Waals surface area contributed by atoms with Gasteiger partial charge in [-0.05, 0) is 67.0 Å². The quantitative estimate of drug-likeness (QED) is 0.401. The van der Waals surface area contributed by atoms with Crippen molar-refractivity contribution in [1.82, 2.24) is 14.0 Å². The third-order valence-corrected chi connectivity index (χ3v) is 6.90. The number of carbonyl (C=O) groups excluding carboxylic acids is 1. The van der Waals surface area contributed by atoms with Crippen molar-refractivity contribution in [2.75, 3.05) is 7.05 Å². The zero-order chi connectivity index (χ0) is 22.7. The van der Waals surface area contributed by atoms with E-state index < -0.39 is 0 Å². The van der Waals surface area contributed by atoms with Gasteiger partial charge in [0.1, 0.15) is 12.4 Å². The van der Waals surface area contributed by atoms with Crippen LogP contribution in [0.2, 0.25) is 5.02 Å². The molecule has 3 aromatic rings. The summed E-state index contributed by atoms with van der Waals surface area (Å²) in [6.45, 7) is 0.197. The van der Waals surface area contributed by atoms with Crippen molar-refractivity contribution in [3.05, 3.63) is 81.6 Å². The van der Waals surface area contributed by atoms with Gasteiger partial charge < -0.3 is 9.47 Å². The Morgan fingerprint density at radius 1 is 1.09 bits per heavy atom. The average Bonchev–Trinajstić information content (AvgIpc) is 3.10. The van der Waals surface area contributed by atoms with E-state index >= 15 is 0 Å². The summed E-state index contributed by atoms with van der Waals surface area (Å²) in [7, 11) is 1.90. The number of nitrogens with zero attached hydrogens (tertiary/aromatic N) is 3. The molecule has 1 fully saturated rings. The van der Waals surface area contributed by atoms with Crippen LogP contribution >= 0.6 is 23.8 Å². The van der Waals surface area contributed by atoms with Gasteiger partial charge >= 0.3 is 0 Å². The number of likely N-dealkylation sites (N-methyl/N-ethyl adjacent to an activating group) is 1. The highest BCUT2D eigenvalue weighted by molar-refractivity contribution is 7.71. The minimum absolute atomic E-state index is 0.0644. The number of carbonyl (C=O) groups is 1. The lowest BCUT2D eigenvalue weighted by Crippen LogP contribution is -2.40. The molecule has 4 rings (SSSR count). The van der Waals surface area contributed by atoms with Crippen LogP contribution in [0.1, 0.15) is 43.4 Å². The van der Waals surface area contributed by atoms with E-state index in [9.17, 15) is 9.18 Å². The summed E-state index contributed by atoms with van der Waals surface area (Å²) in [6.07, 6.45) is 8.23. The Morgan fingerprint density at radius 2 is 1.75 bits per heavy atom. The van der Waals surface area contributed by atoms with Crippen molar-refractivity contribution in [3.8, 4) is 5.69 Å². The predicted molar refractivity (Wildman–Crippen MR) is 128 cm³/mol. The monoisotopic (exact) mass is 471 g/mol. The third-order valence-electron chi connectivity index (χ3n) is 6.23. The number of amides is 1. The minimum Gasteiger partial charge on any atom is -0.341 e. The van der Waals surface area contributed by atoms with Gasteiger partial charge in [0.2, 0.25) is 5.91 Å². The Kier molecular flexibility index (Phi) is 7.11. The van der Waals surface area contributed by atoms with E-state index in [-0.39, 0.29) is 18.3 Å². The first-order valence-electron chi connectivity index (χ1n) is 11.0. The molecular formula is C25H27ClFN3OS. The molecule has 0 atom stereocenters. The standard InChI is InChI=1S/C25H27ClFN3OS/c1-28(21-5-3-2-4-6-21)24(31)17-29-16-23(15-18-7-11-20(27)12-8-18)30(25(29)32)22-13-9-19(26)10-14-22/h7-14,16,21H,2-6,15,17H2,1H3. The maximum absolute atomic E-state index is 13.4. The van der Waals surface area contributed by atoms with Crippen LogP contribution in [-0.4, -0.2) is 33.0 Å². The van der Waals surface area contributed by atoms with Gasteiger partial charge in [0.05, 0.1) is 0 Å². The molecule has 1 aliphatic carbocycles. The molecule has 0 N–H and O–H groups in total. The molecule has 1 heterocycles. The Bertz CT molecular complexity index is 1130. The van der Waals surface area contributed by atoms with Crippen LogP contribution in [0.3, 0.4) is 0 Å². The SMILES string of the molecule is CN(C(=O)Cn1cc(Cc2ccc(F)cc2)n(-c2ccc(Cl)cc2)c1=S)C1CCCCC1. The maximum Gasteiger partial charge on any atom is 0.242 e. The summed E-state index contributed by atoms with van der Waals surface area (Å²) in [4.78, 5) is 14.9. The van der Waals surface area contributed by atoms with E-state index in [2.05, 4.69) is 0 Å². The van der Waals surface area contributed by atoms with Crippen LogP contribution in [0, 0.1) is 10.6 Å². The van der Waals surface area contributed by atoms with E-state index in [0.717, 1.165) is 29.8 Å². The molecule has 0 spiro atoms. The molecule has 4 nitrogen and oxygen atoms in total. The van der Waals surface area contributed by atoms with Crippen molar-refractivity contribution in [2.45, 2.75) is 51.1 Å². The lowest BCUT2D eigenvalue weighted by Gasteiger charge is -2.31. The Hall–Kier alpha value is -2.44. The minimum atomic E-state index is -0.266. The van der Waals surface area contributed by atoms with Crippen LogP contribution in [-0.2, 0) is 17.8 Å². The molecule has 0 saturated heterocycles. The second-order valence-corrected chi connectivity index (χ2v) is 9.24. The normalized spacial score (nSPS) is 14.5. The molecule has 168 valence electrons. The highest BCUT2D eigenvalue weighted by Crippen LogP contribution is 2.23. The lowest BCUT2D eigenvalue weighted by atomic mass is 9.94. The van der Waals surface area contributed by atoms with Crippen molar-refractivity contribution >= 4 is 29.7 Å². The predicted octanol–water partition coefficient (Wildman–Crippen LogP) is 6.18. The lowest BCUT2D eigenvalue weighted by molar-refractivity contribution is -0.133. The van der Waals surface area contributed by atoms with Gasteiger partial charge in [0.25, 0.3) is 0 Å². The largest absolute Gasteiger partial charge is 0.341 e. The molecule has 0 bridgehead atoms. The van der Waals surface area contributed by atoms with Gasteiger partial charge in [0.15, 0.2) is 4.77 Å². The Balaban J connectivity index is 1.65. The molecule has 7 heteroatoms. The van der Waals surface area contributed by atoms with Crippen molar-refractivity contribution < 1.29 is 9.18 Å². The molecular weight excluding hydrogens is 445 g/mol. The zero-order valence-corrected chi connectivity index (χ0v) is 19.7. The second kappa shape index (κ2) is 10.0. The van der Waals surface area contributed by atoms with Crippen molar-refractivity contribution in [2.24, 2.45) is 0 Å². The summed E-state index contributed by atoms with van der Waals surface area (Å²) in [5.74, 6) is -0.202.